The van der Waals surface area contributed by atoms with Crippen molar-refractivity contribution in [3.8, 4) is 11.3 Å². The van der Waals surface area contributed by atoms with Gasteiger partial charge in [-0.1, -0.05) is 18.2 Å². The third-order valence-electron chi connectivity index (χ3n) is 5.46. The van der Waals surface area contributed by atoms with Crippen LogP contribution >= 0.6 is 0 Å². The second kappa shape index (κ2) is 9.75. The van der Waals surface area contributed by atoms with Gasteiger partial charge in [0.2, 0.25) is 0 Å². The quantitative estimate of drug-likeness (QED) is 0.649. The molecular formula is C24H24F2N4O. The molecule has 2 aromatic heterocycles. The van der Waals surface area contributed by atoms with Gasteiger partial charge in [0, 0.05) is 37.4 Å². The van der Waals surface area contributed by atoms with E-state index in [1.54, 1.807) is 30.3 Å². The molecular weight excluding hydrogens is 398 g/mol. The van der Waals surface area contributed by atoms with Crippen molar-refractivity contribution in [2.75, 3.05) is 13.1 Å². The number of pyridine rings is 2. The molecule has 1 amide bonds. The van der Waals surface area contributed by atoms with Crippen LogP contribution in [0, 0.1) is 5.82 Å². The zero-order chi connectivity index (χ0) is 21.6. The molecule has 3 heterocycles. The summed E-state index contributed by atoms with van der Waals surface area (Å²) in [6.07, 6.45) is 3.20. The summed E-state index contributed by atoms with van der Waals surface area (Å²) in [6, 6.07) is 15.2. The van der Waals surface area contributed by atoms with Crippen molar-refractivity contribution in [3.63, 3.8) is 0 Å². The molecule has 0 radical (unpaired) electrons. The topological polar surface area (TPSA) is 58.1 Å². The predicted molar refractivity (Wildman–Crippen MR) is 114 cm³/mol. The van der Waals surface area contributed by atoms with Gasteiger partial charge < -0.3 is 5.32 Å². The molecule has 0 bridgehead atoms. The van der Waals surface area contributed by atoms with Crippen molar-refractivity contribution < 1.29 is 13.6 Å². The average molecular weight is 422 g/mol. The van der Waals surface area contributed by atoms with Gasteiger partial charge >= 0.3 is 0 Å². The third kappa shape index (κ3) is 5.49. The van der Waals surface area contributed by atoms with Gasteiger partial charge in [0.15, 0.2) is 0 Å². The fourth-order valence-electron chi connectivity index (χ4n) is 3.77. The number of alkyl halides is 1. The number of nitrogens with one attached hydrogen (secondary N) is 1. The van der Waals surface area contributed by atoms with Crippen molar-refractivity contribution in [2.45, 2.75) is 32.1 Å². The average Bonchev–Trinajstić information content (AvgIpc) is 2.80. The summed E-state index contributed by atoms with van der Waals surface area (Å²) in [6.45, 7) is 1.80. The number of benzene rings is 1. The first-order chi connectivity index (χ1) is 15.1. The first-order valence-electron chi connectivity index (χ1n) is 10.4. The molecule has 1 aliphatic rings. The molecule has 0 spiro atoms. The molecule has 0 aliphatic carbocycles. The Labute approximate surface area is 180 Å². The molecule has 0 unspecified atom stereocenters. The SMILES string of the molecule is O=C(NC1CCN(Cc2cccc(CF)n2)CC1)c1ccc(-c2cccc(F)c2)nc1. The minimum atomic E-state index is -0.556. The zero-order valence-corrected chi connectivity index (χ0v) is 17.1. The molecule has 1 fully saturated rings. The Bertz CT molecular complexity index is 1030. The molecule has 1 aliphatic heterocycles. The van der Waals surface area contributed by atoms with E-state index in [2.05, 4.69) is 20.2 Å². The fourth-order valence-corrected chi connectivity index (χ4v) is 3.77. The van der Waals surface area contributed by atoms with Crippen LogP contribution in [0.25, 0.3) is 11.3 Å². The van der Waals surface area contributed by atoms with E-state index in [1.807, 2.05) is 12.1 Å². The molecule has 1 aromatic carbocycles. The van der Waals surface area contributed by atoms with Gasteiger partial charge in [0.1, 0.15) is 12.5 Å². The minimum absolute atomic E-state index is 0.0942. The maximum atomic E-state index is 13.4. The summed E-state index contributed by atoms with van der Waals surface area (Å²) in [4.78, 5) is 23.5. The maximum absolute atomic E-state index is 13.4. The molecule has 0 atom stereocenters. The van der Waals surface area contributed by atoms with Crippen LogP contribution in [0.1, 0.15) is 34.6 Å². The largest absolute Gasteiger partial charge is 0.349 e. The number of halogens is 2. The zero-order valence-electron chi connectivity index (χ0n) is 17.1. The van der Waals surface area contributed by atoms with Crippen LogP contribution in [-0.2, 0) is 13.2 Å². The highest BCUT2D eigenvalue weighted by Crippen LogP contribution is 2.19. The van der Waals surface area contributed by atoms with Crippen LogP contribution in [0.5, 0.6) is 0 Å². The van der Waals surface area contributed by atoms with Gasteiger partial charge in [-0.15, -0.1) is 0 Å². The number of nitrogens with zero attached hydrogens (tertiary/aromatic N) is 3. The molecule has 7 heteroatoms. The van der Waals surface area contributed by atoms with Gasteiger partial charge in [-0.2, -0.15) is 0 Å². The van der Waals surface area contributed by atoms with Crippen molar-refractivity contribution in [2.24, 2.45) is 0 Å². The number of carbonyl (C=O) groups is 1. The van der Waals surface area contributed by atoms with Crippen LogP contribution in [0.4, 0.5) is 8.78 Å². The Morgan fingerprint density at radius 1 is 1.06 bits per heavy atom. The van der Waals surface area contributed by atoms with Gasteiger partial charge in [-0.25, -0.2) is 8.78 Å². The van der Waals surface area contributed by atoms with Gasteiger partial charge in [-0.05, 0) is 49.2 Å². The van der Waals surface area contributed by atoms with Crippen LogP contribution < -0.4 is 5.32 Å². The summed E-state index contributed by atoms with van der Waals surface area (Å²) < 4.78 is 26.2. The third-order valence-corrected chi connectivity index (χ3v) is 5.46. The van der Waals surface area contributed by atoms with Gasteiger partial charge in [0.05, 0.1) is 22.6 Å². The number of rotatable bonds is 6. The van der Waals surface area contributed by atoms with Crippen molar-refractivity contribution in [1.82, 2.24) is 20.2 Å². The second-order valence-electron chi connectivity index (χ2n) is 7.72. The number of hydrogen-bond donors (Lipinski definition) is 1. The molecule has 31 heavy (non-hydrogen) atoms. The van der Waals surface area contributed by atoms with E-state index in [4.69, 9.17) is 0 Å². The van der Waals surface area contributed by atoms with E-state index in [-0.39, 0.29) is 17.8 Å². The summed E-state index contributed by atoms with van der Waals surface area (Å²) >= 11 is 0. The number of carbonyl (C=O) groups excluding carboxylic acids is 1. The van der Waals surface area contributed by atoms with Crippen LogP contribution in [0.2, 0.25) is 0 Å². The Morgan fingerprint density at radius 2 is 1.84 bits per heavy atom. The number of hydrogen-bond acceptors (Lipinski definition) is 4. The summed E-state index contributed by atoms with van der Waals surface area (Å²) in [5, 5.41) is 3.08. The normalized spacial score (nSPS) is 15.0. The Balaban J connectivity index is 1.28. The Hall–Kier alpha value is -3.19. The lowest BCUT2D eigenvalue weighted by Gasteiger charge is -2.32. The molecule has 0 saturated carbocycles. The van der Waals surface area contributed by atoms with E-state index >= 15 is 0 Å². The van der Waals surface area contributed by atoms with E-state index in [1.165, 1.54) is 18.3 Å². The van der Waals surface area contributed by atoms with Crippen molar-refractivity contribution in [3.05, 3.63) is 83.6 Å². The highest BCUT2D eigenvalue weighted by molar-refractivity contribution is 5.94. The molecule has 1 saturated heterocycles. The number of piperidine rings is 1. The lowest BCUT2D eigenvalue weighted by atomic mass is 10.0. The highest BCUT2D eigenvalue weighted by Gasteiger charge is 2.21. The van der Waals surface area contributed by atoms with Crippen LogP contribution in [0.15, 0.2) is 60.8 Å². The smallest absolute Gasteiger partial charge is 0.253 e. The number of aromatic nitrogens is 2. The van der Waals surface area contributed by atoms with Crippen LogP contribution in [-0.4, -0.2) is 39.9 Å². The highest BCUT2D eigenvalue weighted by atomic mass is 19.1. The molecule has 5 nitrogen and oxygen atoms in total. The minimum Gasteiger partial charge on any atom is -0.349 e. The van der Waals surface area contributed by atoms with Gasteiger partial charge in [-0.3, -0.25) is 19.7 Å². The summed E-state index contributed by atoms with van der Waals surface area (Å²) in [5.74, 6) is -0.479. The molecule has 1 N–H and O–H groups in total. The van der Waals surface area contributed by atoms with E-state index in [9.17, 15) is 13.6 Å². The molecule has 4 rings (SSSR count). The van der Waals surface area contributed by atoms with Gasteiger partial charge in [0.25, 0.3) is 5.91 Å². The lowest BCUT2D eigenvalue weighted by Crippen LogP contribution is -2.44. The Morgan fingerprint density at radius 3 is 2.55 bits per heavy atom. The Kier molecular flexibility index (Phi) is 6.62. The number of amides is 1. The monoisotopic (exact) mass is 422 g/mol. The number of likely N-dealkylation sites (tertiary alicyclic amines) is 1. The molecule has 3 aromatic rings. The first kappa shape index (κ1) is 21.1. The van der Waals surface area contributed by atoms with Crippen LogP contribution in [0.3, 0.4) is 0 Å². The predicted octanol–water partition coefficient (Wildman–Crippen LogP) is 4.15. The van der Waals surface area contributed by atoms with E-state index < -0.39 is 6.67 Å². The first-order valence-corrected chi connectivity index (χ1v) is 10.4. The van der Waals surface area contributed by atoms with Crippen molar-refractivity contribution in [1.29, 1.82) is 0 Å². The molecule has 160 valence electrons. The van der Waals surface area contributed by atoms with Crippen molar-refractivity contribution >= 4 is 5.91 Å². The van der Waals surface area contributed by atoms with E-state index in [0.717, 1.165) is 31.6 Å². The van der Waals surface area contributed by atoms with E-state index in [0.29, 0.717) is 29.1 Å². The summed E-state index contributed by atoms with van der Waals surface area (Å²) in [5.41, 5.74) is 3.09. The lowest BCUT2D eigenvalue weighted by molar-refractivity contribution is 0.0908. The standard InChI is InChI=1S/C24H24F2N4O/c25-14-21-5-2-6-22(28-21)16-30-11-9-20(10-12-30)29-24(31)18-7-8-23(27-15-18)17-3-1-4-19(26)13-17/h1-8,13,15,20H,9-12,14,16H2,(H,29,31). The second-order valence-corrected chi connectivity index (χ2v) is 7.72. The summed E-state index contributed by atoms with van der Waals surface area (Å²) in [7, 11) is 0. The fraction of sp³-hybridized carbons (Fsp3) is 0.292. The maximum Gasteiger partial charge on any atom is 0.253 e.